The van der Waals surface area contributed by atoms with Gasteiger partial charge in [-0.05, 0) is 64.5 Å². The molecular weight excluding hydrogens is 458 g/mol. The standard InChI is InChI=1S/C21H26BrNO5S/c1-14(2)18-6-4-15(3)10-19(18)27-12-21(24)23(11-17-5-7-20(22)28-17)16-8-9-29(25,26)13-16/h4-7,10,14,16H,8-9,11-13H2,1-3H3/t16-/m0/s1. The number of amides is 1. The van der Waals surface area contributed by atoms with Crippen molar-refractivity contribution < 1.29 is 22.4 Å². The summed E-state index contributed by atoms with van der Waals surface area (Å²) in [5, 5.41) is 0. The number of carbonyl (C=O) groups excluding carboxylic acids is 1. The molecule has 0 spiro atoms. The van der Waals surface area contributed by atoms with Gasteiger partial charge in [-0.25, -0.2) is 8.42 Å². The molecule has 29 heavy (non-hydrogen) atoms. The number of halogens is 1. The van der Waals surface area contributed by atoms with Crippen molar-refractivity contribution in [1.82, 2.24) is 4.90 Å². The van der Waals surface area contributed by atoms with E-state index in [1.165, 1.54) is 0 Å². The second-order valence-corrected chi connectivity index (χ2v) is 10.8. The molecule has 1 saturated heterocycles. The third-order valence-electron chi connectivity index (χ3n) is 5.07. The van der Waals surface area contributed by atoms with E-state index in [0.717, 1.165) is 11.1 Å². The van der Waals surface area contributed by atoms with Crippen LogP contribution in [0.3, 0.4) is 0 Å². The van der Waals surface area contributed by atoms with Crippen LogP contribution in [0.5, 0.6) is 5.75 Å². The van der Waals surface area contributed by atoms with Crippen LogP contribution in [-0.2, 0) is 21.2 Å². The first-order valence-corrected chi connectivity index (χ1v) is 12.2. The van der Waals surface area contributed by atoms with Crippen molar-refractivity contribution in [3.05, 3.63) is 51.9 Å². The predicted molar refractivity (Wildman–Crippen MR) is 115 cm³/mol. The largest absolute Gasteiger partial charge is 0.483 e. The molecule has 1 atom stereocenters. The third-order valence-corrected chi connectivity index (χ3v) is 7.24. The molecule has 0 bridgehead atoms. The number of furan rings is 1. The van der Waals surface area contributed by atoms with Crippen LogP contribution in [0.4, 0.5) is 0 Å². The maximum Gasteiger partial charge on any atom is 0.261 e. The van der Waals surface area contributed by atoms with Gasteiger partial charge < -0.3 is 14.1 Å². The number of nitrogens with zero attached hydrogens (tertiary/aromatic N) is 1. The lowest BCUT2D eigenvalue weighted by Crippen LogP contribution is -2.43. The highest BCUT2D eigenvalue weighted by atomic mass is 79.9. The highest BCUT2D eigenvalue weighted by Gasteiger charge is 2.35. The van der Waals surface area contributed by atoms with Gasteiger partial charge in [0, 0.05) is 6.04 Å². The van der Waals surface area contributed by atoms with Crippen LogP contribution in [0.25, 0.3) is 0 Å². The Hall–Kier alpha value is -1.80. The van der Waals surface area contributed by atoms with Crippen molar-refractivity contribution in [1.29, 1.82) is 0 Å². The fraction of sp³-hybridized carbons (Fsp3) is 0.476. The molecule has 1 aromatic carbocycles. The Kier molecular flexibility index (Phi) is 6.73. The van der Waals surface area contributed by atoms with Gasteiger partial charge in [0.15, 0.2) is 21.1 Å². The summed E-state index contributed by atoms with van der Waals surface area (Å²) in [6.07, 6.45) is 0.428. The van der Waals surface area contributed by atoms with Gasteiger partial charge in [0.05, 0.1) is 18.1 Å². The fourth-order valence-electron chi connectivity index (χ4n) is 3.51. The Balaban J connectivity index is 1.77. The van der Waals surface area contributed by atoms with E-state index in [1.807, 2.05) is 25.1 Å². The number of hydrogen-bond donors (Lipinski definition) is 0. The van der Waals surface area contributed by atoms with Gasteiger partial charge >= 0.3 is 0 Å². The zero-order chi connectivity index (χ0) is 21.2. The minimum absolute atomic E-state index is 0.0255. The Morgan fingerprint density at radius 3 is 2.66 bits per heavy atom. The molecule has 3 rings (SSSR count). The number of rotatable bonds is 7. The molecule has 1 fully saturated rings. The summed E-state index contributed by atoms with van der Waals surface area (Å²) in [4.78, 5) is 14.6. The molecule has 1 aromatic heterocycles. The van der Waals surface area contributed by atoms with Crippen LogP contribution in [0.15, 0.2) is 39.4 Å². The lowest BCUT2D eigenvalue weighted by Gasteiger charge is -2.27. The lowest BCUT2D eigenvalue weighted by atomic mass is 10.0. The first kappa shape index (κ1) is 21.9. The van der Waals surface area contributed by atoms with Gasteiger partial charge in [0.25, 0.3) is 5.91 Å². The molecule has 0 aliphatic carbocycles. The smallest absolute Gasteiger partial charge is 0.261 e. The summed E-state index contributed by atoms with van der Waals surface area (Å²) in [6.45, 7) is 6.18. The van der Waals surface area contributed by atoms with Crippen LogP contribution in [0.2, 0.25) is 0 Å². The van der Waals surface area contributed by atoms with E-state index in [9.17, 15) is 13.2 Å². The Labute approximate surface area is 180 Å². The van der Waals surface area contributed by atoms with Crippen LogP contribution >= 0.6 is 15.9 Å². The number of sulfone groups is 1. The Morgan fingerprint density at radius 2 is 2.07 bits per heavy atom. The predicted octanol–water partition coefficient (Wildman–Crippen LogP) is 4.07. The number of hydrogen-bond acceptors (Lipinski definition) is 5. The van der Waals surface area contributed by atoms with E-state index in [2.05, 4.69) is 29.8 Å². The van der Waals surface area contributed by atoms with Crippen molar-refractivity contribution in [2.45, 2.75) is 45.7 Å². The number of ether oxygens (including phenoxy) is 1. The van der Waals surface area contributed by atoms with Gasteiger partial charge in [0.1, 0.15) is 11.5 Å². The molecule has 1 aliphatic heterocycles. The highest BCUT2D eigenvalue weighted by molar-refractivity contribution is 9.10. The first-order chi connectivity index (χ1) is 13.6. The van der Waals surface area contributed by atoms with Crippen LogP contribution in [0.1, 0.15) is 43.1 Å². The molecule has 0 saturated carbocycles. The summed E-state index contributed by atoms with van der Waals surface area (Å²) in [5.41, 5.74) is 2.09. The number of benzene rings is 1. The third kappa shape index (κ3) is 5.63. The second-order valence-electron chi connectivity index (χ2n) is 7.77. The molecule has 158 valence electrons. The molecule has 6 nitrogen and oxygen atoms in total. The van der Waals surface area contributed by atoms with Crippen molar-refractivity contribution in [2.24, 2.45) is 0 Å². The fourth-order valence-corrected chi connectivity index (χ4v) is 5.58. The molecular formula is C21H26BrNO5S. The van der Waals surface area contributed by atoms with E-state index in [-0.39, 0.29) is 42.5 Å². The average Bonchev–Trinajstić information content (AvgIpc) is 3.22. The SMILES string of the molecule is Cc1ccc(C(C)C)c(OCC(=O)N(Cc2ccc(Br)o2)[C@H]2CCS(=O)(=O)C2)c1. The number of aryl methyl sites for hydroxylation is 1. The molecule has 0 N–H and O–H groups in total. The summed E-state index contributed by atoms with van der Waals surface area (Å²) in [7, 11) is -3.13. The average molecular weight is 484 g/mol. The maximum absolute atomic E-state index is 13.0. The van der Waals surface area contributed by atoms with E-state index in [4.69, 9.17) is 9.15 Å². The molecule has 0 radical (unpaired) electrons. The maximum atomic E-state index is 13.0. The lowest BCUT2D eigenvalue weighted by molar-refractivity contribution is -0.136. The summed E-state index contributed by atoms with van der Waals surface area (Å²) < 4.78 is 35.9. The van der Waals surface area contributed by atoms with Gasteiger partial charge in [-0.3, -0.25) is 4.79 Å². The van der Waals surface area contributed by atoms with Crippen molar-refractivity contribution in [2.75, 3.05) is 18.1 Å². The quantitative estimate of drug-likeness (QED) is 0.592. The van der Waals surface area contributed by atoms with Crippen molar-refractivity contribution in [3.8, 4) is 5.75 Å². The Bertz CT molecular complexity index is 983. The van der Waals surface area contributed by atoms with Crippen molar-refractivity contribution in [3.63, 3.8) is 0 Å². The Morgan fingerprint density at radius 1 is 1.31 bits per heavy atom. The van der Waals surface area contributed by atoms with Gasteiger partial charge in [0.2, 0.25) is 0 Å². The summed E-state index contributed by atoms with van der Waals surface area (Å²) in [6, 6.07) is 9.11. The molecule has 0 unspecified atom stereocenters. The van der Waals surface area contributed by atoms with Crippen LogP contribution in [0, 0.1) is 6.92 Å². The highest BCUT2D eigenvalue weighted by Crippen LogP contribution is 2.28. The molecule has 1 amide bonds. The molecule has 2 heterocycles. The molecule has 8 heteroatoms. The topological polar surface area (TPSA) is 76.8 Å². The first-order valence-electron chi connectivity index (χ1n) is 9.62. The summed E-state index contributed by atoms with van der Waals surface area (Å²) >= 11 is 3.26. The van der Waals surface area contributed by atoms with Gasteiger partial charge in [-0.15, -0.1) is 0 Å². The zero-order valence-electron chi connectivity index (χ0n) is 16.9. The molecule has 2 aromatic rings. The van der Waals surface area contributed by atoms with E-state index in [0.29, 0.717) is 22.6 Å². The monoisotopic (exact) mass is 483 g/mol. The zero-order valence-corrected chi connectivity index (χ0v) is 19.3. The van der Waals surface area contributed by atoms with Gasteiger partial charge in [-0.2, -0.15) is 0 Å². The number of carbonyl (C=O) groups is 1. The van der Waals surface area contributed by atoms with Gasteiger partial charge in [-0.1, -0.05) is 26.0 Å². The summed E-state index contributed by atoms with van der Waals surface area (Å²) in [5.74, 6) is 1.36. The minimum Gasteiger partial charge on any atom is -0.483 e. The van der Waals surface area contributed by atoms with E-state index < -0.39 is 9.84 Å². The van der Waals surface area contributed by atoms with Crippen LogP contribution in [-0.4, -0.2) is 43.4 Å². The van der Waals surface area contributed by atoms with E-state index >= 15 is 0 Å². The minimum atomic E-state index is -3.13. The van der Waals surface area contributed by atoms with E-state index in [1.54, 1.807) is 17.0 Å². The normalized spacial score (nSPS) is 18.2. The van der Waals surface area contributed by atoms with Crippen molar-refractivity contribution >= 4 is 31.7 Å². The molecule has 1 aliphatic rings. The van der Waals surface area contributed by atoms with Crippen LogP contribution < -0.4 is 4.74 Å². The second kappa shape index (κ2) is 8.92.